The number of rotatable bonds is 2. The lowest BCUT2D eigenvalue weighted by Gasteiger charge is -2.18. The molecule has 1 aliphatic rings. The van der Waals surface area contributed by atoms with Crippen LogP contribution in [0.15, 0.2) is 23.1 Å². The summed E-state index contributed by atoms with van der Waals surface area (Å²) in [5.41, 5.74) is 4.97. The Morgan fingerprint density at radius 2 is 2.00 bits per heavy atom. The highest BCUT2D eigenvalue weighted by Crippen LogP contribution is 2.33. The van der Waals surface area contributed by atoms with Gasteiger partial charge in [0.25, 0.3) is 0 Å². The Kier molecular flexibility index (Phi) is 3.83. The molecule has 0 unspecified atom stereocenters. The minimum atomic E-state index is -4.57. The van der Waals surface area contributed by atoms with E-state index >= 15 is 0 Å². The van der Waals surface area contributed by atoms with Crippen LogP contribution < -0.4 is 5.73 Å². The van der Waals surface area contributed by atoms with Gasteiger partial charge in [-0.15, -0.1) is 0 Å². The summed E-state index contributed by atoms with van der Waals surface area (Å²) in [5.74, 6) is 0. The molecule has 112 valence electrons. The largest absolute Gasteiger partial charge is 0.416 e. The Morgan fingerprint density at radius 1 is 1.35 bits per heavy atom. The van der Waals surface area contributed by atoms with Crippen LogP contribution in [0.5, 0.6) is 0 Å². The molecule has 1 aromatic rings. The minimum absolute atomic E-state index is 0.137. The molecule has 0 spiro atoms. The fourth-order valence-corrected chi connectivity index (χ4v) is 3.93. The van der Waals surface area contributed by atoms with Gasteiger partial charge in [0.1, 0.15) is 0 Å². The van der Waals surface area contributed by atoms with Crippen molar-refractivity contribution in [2.75, 3.05) is 13.1 Å². The third-order valence-corrected chi connectivity index (χ3v) is 5.33. The number of hydrogen-bond acceptors (Lipinski definition) is 3. The highest BCUT2D eigenvalue weighted by Gasteiger charge is 2.35. The molecule has 1 heterocycles. The topological polar surface area (TPSA) is 63.4 Å². The van der Waals surface area contributed by atoms with E-state index in [1.54, 1.807) is 0 Å². The van der Waals surface area contributed by atoms with Crippen molar-refractivity contribution in [2.45, 2.75) is 30.5 Å². The van der Waals surface area contributed by atoms with Gasteiger partial charge in [0, 0.05) is 19.1 Å². The summed E-state index contributed by atoms with van der Waals surface area (Å²) in [6.45, 7) is 1.85. The van der Waals surface area contributed by atoms with Gasteiger partial charge in [-0.25, -0.2) is 8.42 Å². The molecular weight excluding hydrogens is 293 g/mol. The molecule has 1 fully saturated rings. The Bertz CT molecular complexity index is 614. The normalized spacial score (nSPS) is 21.4. The summed E-state index contributed by atoms with van der Waals surface area (Å²) < 4.78 is 64.0. The summed E-state index contributed by atoms with van der Waals surface area (Å²) in [6.07, 6.45) is -4.06. The van der Waals surface area contributed by atoms with Gasteiger partial charge in [-0.1, -0.05) is 6.07 Å². The lowest BCUT2D eigenvalue weighted by molar-refractivity contribution is -0.137. The maximum Gasteiger partial charge on any atom is 0.416 e. The van der Waals surface area contributed by atoms with E-state index in [0.717, 1.165) is 10.4 Å². The number of benzene rings is 1. The molecule has 0 radical (unpaired) electrons. The third-order valence-electron chi connectivity index (χ3n) is 3.32. The number of nitrogens with two attached hydrogens (primary N) is 1. The average Bonchev–Trinajstić information content (AvgIpc) is 2.75. The predicted molar refractivity (Wildman–Crippen MR) is 67.5 cm³/mol. The Labute approximate surface area is 115 Å². The fourth-order valence-electron chi connectivity index (χ4n) is 2.17. The monoisotopic (exact) mass is 308 g/mol. The number of sulfonamides is 1. The van der Waals surface area contributed by atoms with Crippen LogP contribution in [0.2, 0.25) is 0 Å². The summed E-state index contributed by atoms with van der Waals surface area (Å²) in [6, 6.07) is 2.47. The van der Waals surface area contributed by atoms with E-state index in [4.69, 9.17) is 5.73 Å². The molecule has 2 N–H and O–H groups in total. The zero-order chi connectivity index (χ0) is 15.1. The fraction of sp³-hybridized carbons (Fsp3) is 0.500. The molecule has 2 rings (SSSR count). The van der Waals surface area contributed by atoms with Gasteiger partial charge >= 0.3 is 6.18 Å². The van der Waals surface area contributed by atoms with Crippen molar-refractivity contribution in [1.82, 2.24) is 4.31 Å². The van der Waals surface area contributed by atoms with E-state index in [1.807, 2.05) is 0 Å². The molecule has 20 heavy (non-hydrogen) atoms. The first-order valence-corrected chi connectivity index (χ1v) is 7.50. The average molecular weight is 308 g/mol. The van der Waals surface area contributed by atoms with E-state index in [0.29, 0.717) is 18.1 Å². The van der Waals surface area contributed by atoms with Crippen molar-refractivity contribution in [3.8, 4) is 0 Å². The van der Waals surface area contributed by atoms with E-state index in [9.17, 15) is 21.6 Å². The smallest absolute Gasteiger partial charge is 0.326 e. The van der Waals surface area contributed by atoms with E-state index in [2.05, 4.69) is 0 Å². The molecule has 0 aromatic heterocycles. The quantitative estimate of drug-likeness (QED) is 0.905. The van der Waals surface area contributed by atoms with Crippen molar-refractivity contribution >= 4 is 10.0 Å². The minimum Gasteiger partial charge on any atom is -0.326 e. The predicted octanol–water partition coefficient (Wildman–Crippen LogP) is 1.74. The van der Waals surface area contributed by atoms with Crippen molar-refractivity contribution in [1.29, 1.82) is 0 Å². The van der Waals surface area contributed by atoms with Crippen molar-refractivity contribution in [3.05, 3.63) is 29.3 Å². The van der Waals surface area contributed by atoms with Crippen LogP contribution >= 0.6 is 0 Å². The number of alkyl halides is 3. The zero-order valence-electron chi connectivity index (χ0n) is 10.8. The van der Waals surface area contributed by atoms with Crippen LogP contribution in [0, 0.1) is 6.92 Å². The first kappa shape index (κ1) is 15.3. The standard InChI is InChI=1S/C12H15F3N2O2S/c1-8-2-3-9(12(13,14)15)6-11(8)20(18,19)17-5-4-10(16)7-17/h2-3,6,10H,4-5,7,16H2,1H3/t10-/m1/s1. The van der Waals surface area contributed by atoms with Crippen LogP contribution in [0.3, 0.4) is 0 Å². The molecule has 0 saturated carbocycles. The maximum absolute atomic E-state index is 12.7. The zero-order valence-corrected chi connectivity index (χ0v) is 11.6. The summed E-state index contributed by atoms with van der Waals surface area (Å²) >= 11 is 0. The second kappa shape index (κ2) is 5.01. The molecule has 8 heteroatoms. The van der Waals surface area contributed by atoms with Crippen molar-refractivity contribution in [3.63, 3.8) is 0 Å². The van der Waals surface area contributed by atoms with Gasteiger partial charge in [0.05, 0.1) is 10.5 Å². The van der Waals surface area contributed by atoms with E-state index in [1.165, 1.54) is 13.0 Å². The second-order valence-corrected chi connectivity index (χ2v) is 6.80. The van der Waals surface area contributed by atoms with Crippen LogP contribution in [-0.4, -0.2) is 31.9 Å². The first-order chi connectivity index (χ1) is 9.12. The molecule has 4 nitrogen and oxygen atoms in total. The van der Waals surface area contributed by atoms with Crippen LogP contribution in [0.1, 0.15) is 17.5 Å². The van der Waals surface area contributed by atoms with Gasteiger partial charge in [-0.2, -0.15) is 17.5 Å². The molecule has 1 aliphatic heterocycles. The van der Waals surface area contributed by atoms with Crippen LogP contribution in [0.4, 0.5) is 13.2 Å². The number of aryl methyl sites for hydroxylation is 1. The molecule has 1 atom stereocenters. The summed E-state index contributed by atoms with van der Waals surface area (Å²) in [7, 11) is -3.93. The van der Waals surface area contributed by atoms with Gasteiger partial charge in [0.2, 0.25) is 10.0 Å². The third kappa shape index (κ3) is 2.82. The number of hydrogen-bond donors (Lipinski definition) is 1. The summed E-state index contributed by atoms with van der Waals surface area (Å²) in [4.78, 5) is -0.304. The Balaban J connectivity index is 2.46. The SMILES string of the molecule is Cc1ccc(C(F)(F)F)cc1S(=O)(=O)N1CC[C@@H](N)C1. The van der Waals surface area contributed by atoms with E-state index < -0.39 is 21.8 Å². The van der Waals surface area contributed by atoms with Crippen molar-refractivity contribution < 1.29 is 21.6 Å². The Morgan fingerprint density at radius 3 is 2.50 bits per heavy atom. The van der Waals surface area contributed by atoms with Gasteiger partial charge in [0.15, 0.2) is 0 Å². The lowest BCUT2D eigenvalue weighted by Crippen LogP contribution is -2.32. The van der Waals surface area contributed by atoms with Gasteiger partial charge < -0.3 is 5.73 Å². The Hall–Kier alpha value is -1.12. The molecule has 0 aliphatic carbocycles. The van der Waals surface area contributed by atoms with E-state index in [-0.39, 0.29) is 24.0 Å². The number of nitrogens with zero attached hydrogens (tertiary/aromatic N) is 1. The highest BCUT2D eigenvalue weighted by molar-refractivity contribution is 7.89. The van der Waals surface area contributed by atoms with Crippen LogP contribution in [-0.2, 0) is 16.2 Å². The molecule has 0 bridgehead atoms. The maximum atomic E-state index is 12.7. The molecular formula is C12H15F3N2O2S. The molecule has 1 aromatic carbocycles. The van der Waals surface area contributed by atoms with Gasteiger partial charge in [-0.3, -0.25) is 0 Å². The molecule has 0 amide bonds. The first-order valence-electron chi connectivity index (χ1n) is 6.06. The molecule has 1 saturated heterocycles. The van der Waals surface area contributed by atoms with Gasteiger partial charge in [-0.05, 0) is 31.0 Å². The van der Waals surface area contributed by atoms with Crippen LogP contribution in [0.25, 0.3) is 0 Å². The van der Waals surface area contributed by atoms with Crippen molar-refractivity contribution in [2.24, 2.45) is 5.73 Å². The lowest BCUT2D eigenvalue weighted by atomic mass is 10.1. The highest BCUT2D eigenvalue weighted by atomic mass is 32.2. The second-order valence-electron chi connectivity index (χ2n) is 4.89. The summed E-state index contributed by atoms with van der Waals surface area (Å²) in [5, 5.41) is 0. The number of halogens is 3.